The number of aromatic nitrogens is 2. The van der Waals surface area contributed by atoms with Crippen LogP contribution in [0.25, 0.3) is 0 Å². The van der Waals surface area contributed by atoms with Gasteiger partial charge in [-0.05, 0) is 57.9 Å². The van der Waals surface area contributed by atoms with E-state index in [0.717, 1.165) is 37.7 Å². The number of aryl methyl sites for hydroxylation is 1. The van der Waals surface area contributed by atoms with E-state index in [1.54, 1.807) is 33.9 Å². The van der Waals surface area contributed by atoms with Crippen molar-refractivity contribution in [2.45, 2.75) is 149 Å². The van der Waals surface area contributed by atoms with Gasteiger partial charge in [-0.1, -0.05) is 82.7 Å². The van der Waals surface area contributed by atoms with Gasteiger partial charge in [0.15, 0.2) is 0 Å². The highest BCUT2D eigenvalue weighted by Crippen LogP contribution is 2.28. The van der Waals surface area contributed by atoms with Crippen LogP contribution in [-0.4, -0.2) is 81.2 Å². The average Bonchev–Trinajstić information content (AvgIpc) is 3.14. The lowest BCUT2D eigenvalue weighted by Crippen LogP contribution is -2.52. The number of carbonyl (C=O) groups is 5. The Bertz CT molecular complexity index is 1580. The lowest BCUT2D eigenvalue weighted by atomic mass is 9.83. The van der Waals surface area contributed by atoms with Gasteiger partial charge in [0.1, 0.15) is 29.3 Å². The van der Waals surface area contributed by atoms with E-state index >= 15 is 0 Å². The number of benzene rings is 1. The lowest BCUT2D eigenvalue weighted by Gasteiger charge is -2.30. The van der Waals surface area contributed by atoms with Crippen molar-refractivity contribution in [1.82, 2.24) is 36.6 Å². The molecule has 0 saturated heterocycles. The van der Waals surface area contributed by atoms with Crippen LogP contribution in [0.5, 0.6) is 0 Å². The molecule has 5 atom stereocenters. The van der Waals surface area contributed by atoms with Gasteiger partial charge in [-0.3, -0.25) is 19.2 Å². The number of nitrogen functional groups attached to an aromatic ring is 1. The molecular weight excluding hydrogens is 716 g/mol. The molecule has 1 aromatic heterocycles. The van der Waals surface area contributed by atoms with E-state index < -0.39 is 53.6 Å². The van der Waals surface area contributed by atoms with Crippen molar-refractivity contribution in [3.63, 3.8) is 0 Å². The highest BCUT2D eigenvalue weighted by atomic mass is 16.6. The van der Waals surface area contributed by atoms with Gasteiger partial charge in [-0.2, -0.15) is 0 Å². The molecule has 1 aliphatic rings. The zero-order valence-corrected chi connectivity index (χ0v) is 34.0. The average molecular weight is 781 g/mol. The Morgan fingerprint density at radius 2 is 1.66 bits per heavy atom. The standard InChI is InChI=1S/C41H64N8O7/c1-7-26(2)36(39(54)45-25-30-24-44-27(3)46-37(30)42)49-35(52)23-33(50)31(21-28-15-10-8-11-16-28)47-34(51)19-14-20-43-38(53)32(22-29-17-12-9-13-18-29)48-40(55)56-41(4,5)6/h9,12-13,17-18,24,26,28,31-33,36,50H,7-8,10-11,14-16,19-23,25H2,1-6H3,(H,43,53)(H,45,54)(H,47,51)(H,48,55)(H,49,52)(H2,42,44,46)/t26-,31+,32+,33-,36-/m0/s1. The smallest absolute Gasteiger partial charge is 0.408 e. The number of ether oxygens (including phenoxy) is 1. The molecule has 56 heavy (non-hydrogen) atoms. The number of alkyl carbamates (subject to hydrolysis) is 1. The van der Waals surface area contributed by atoms with Crippen LogP contribution in [0.4, 0.5) is 10.6 Å². The summed E-state index contributed by atoms with van der Waals surface area (Å²) in [6.45, 7) is 11.0. The number of amides is 5. The Morgan fingerprint density at radius 3 is 2.30 bits per heavy atom. The molecule has 1 aliphatic carbocycles. The van der Waals surface area contributed by atoms with Gasteiger partial charge >= 0.3 is 6.09 Å². The first-order valence-corrected chi connectivity index (χ1v) is 20.0. The molecule has 1 saturated carbocycles. The van der Waals surface area contributed by atoms with Crippen molar-refractivity contribution in [2.24, 2.45) is 11.8 Å². The van der Waals surface area contributed by atoms with Gasteiger partial charge in [0, 0.05) is 37.7 Å². The van der Waals surface area contributed by atoms with E-state index in [4.69, 9.17) is 10.5 Å². The number of aliphatic hydroxyl groups excluding tert-OH is 1. The van der Waals surface area contributed by atoms with E-state index in [-0.39, 0.29) is 50.0 Å². The number of hydrogen-bond acceptors (Lipinski definition) is 10. The number of rotatable bonds is 20. The summed E-state index contributed by atoms with van der Waals surface area (Å²) in [6.07, 6.45) is 6.35. The largest absolute Gasteiger partial charge is 0.444 e. The molecular formula is C41H64N8O7. The van der Waals surface area contributed by atoms with Crippen LogP contribution < -0.4 is 32.3 Å². The predicted octanol–water partition coefficient (Wildman–Crippen LogP) is 3.75. The minimum absolute atomic E-state index is 0.0655. The molecule has 15 nitrogen and oxygen atoms in total. The van der Waals surface area contributed by atoms with Crippen molar-refractivity contribution in [2.75, 3.05) is 12.3 Å². The highest BCUT2D eigenvalue weighted by Gasteiger charge is 2.31. The summed E-state index contributed by atoms with van der Waals surface area (Å²) in [5.74, 6) is -0.759. The molecule has 0 unspecified atom stereocenters. The normalized spacial score (nSPS) is 16.0. The first-order chi connectivity index (χ1) is 26.5. The second-order valence-corrected chi connectivity index (χ2v) is 15.9. The van der Waals surface area contributed by atoms with Crippen LogP contribution in [-0.2, 0) is 36.9 Å². The van der Waals surface area contributed by atoms with Crippen LogP contribution in [0.15, 0.2) is 36.5 Å². The monoisotopic (exact) mass is 780 g/mol. The summed E-state index contributed by atoms with van der Waals surface area (Å²) in [5.41, 5.74) is 6.66. The Hall–Kier alpha value is -4.79. The number of aliphatic hydroxyl groups is 1. The van der Waals surface area contributed by atoms with Crippen molar-refractivity contribution >= 4 is 35.5 Å². The summed E-state index contributed by atoms with van der Waals surface area (Å²) >= 11 is 0. The van der Waals surface area contributed by atoms with Crippen molar-refractivity contribution in [3.05, 3.63) is 53.5 Å². The molecule has 0 spiro atoms. The maximum absolute atomic E-state index is 13.3. The molecule has 3 rings (SSSR count). The fraction of sp³-hybridized carbons (Fsp3) is 0.634. The summed E-state index contributed by atoms with van der Waals surface area (Å²) in [4.78, 5) is 73.8. The maximum atomic E-state index is 13.3. The van der Waals surface area contributed by atoms with E-state index in [9.17, 15) is 29.1 Å². The minimum atomic E-state index is -1.19. The van der Waals surface area contributed by atoms with Gasteiger partial charge in [-0.25, -0.2) is 14.8 Å². The first-order valence-electron chi connectivity index (χ1n) is 20.0. The Morgan fingerprint density at radius 1 is 0.964 bits per heavy atom. The summed E-state index contributed by atoms with van der Waals surface area (Å²) in [7, 11) is 0. The van der Waals surface area contributed by atoms with Crippen LogP contribution >= 0.6 is 0 Å². The van der Waals surface area contributed by atoms with Crippen molar-refractivity contribution in [1.29, 1.82) is 0 Å². The second kappa shape index (κ2) is 22.7. The number of nitrogens with zero attached hydrogens (tertiary/aromatic N) is 2. The highest BCUT2D eigenvalue weighted by molar-refractivity contribution is 5.88. The third-order valence-electron chi connectivity index (χ3n) is 9.97. The number of carbonyl (C=O) groups excluding carboxylic acids is 5. The fourth-order valence-corrected chi connectivity index (χ4v) is 6.67. The quantitative estimate of drug-likeness (QED) is 0.0964. The van der Waals surface area contributed by atoms with Gasteiger partial charge in [0.2, 0.25) is 23.6 Å². The Labute approximate surface area is 331 Å². The Kier molecular flexibility index (Phi) is 18.5. The molecule has 8 N–H and O–H groups in total. The van der Waals surface area contributed by atoms with E-state index in [1.807, 2.05) is 44.2 Å². The molecule has 0 radical (unpaired) electrons. The maximum Gasteiger partial charge on any atom is 0.408 e. The summed E-state index contributed by atoms with van der Waals surface area (Å²) in [6, 6.07) is 6.87. The molecule has 310 valence electrons. The van der Waals surface area contributed by atoms with Crippen molar-refractivity contribution in [3.8, 4) is 0 Å². The van der Waals surface area contributed by atoms with E-state index in [0.29, 0.717) is 36.6 Å². The molecule has 1 fully saturated rings. The number of anilines is 1. The minimum Gasteiger partial charge on any atom is -0.444 e. The molecule has 0 aliphatic heterocycles. The molecule has 5 amide bonds. The number of nitrogens with one attached hydrogen (secondary N) is 5. The molecule has 0 bridgehead atoms. The van der Waals surface area contributed by atoms with Crippen LogP contribution in [0, 0.1) is 18.8 Å². The first kappa shape index (κ1) is 45.6. The van der Waals surface area contributed by atoms with Gasteiger partial charge in [0.05, 0.1) is 18.6 Å². The van der Waals surface area contributed by atoms with E-state index in [2.05, 4.69) is 36.6 Å². The van der Waals surface area contributed by atoms with Gasteiger partial charge < -0.3 is 42.2 Å². The summed E-state index contributed by atoms with van der Waals surface area (Å²) < 4.78 is 5.37. The van der Waals surface area contributed by atoms with E-state index in [1.165, 1.54) is 0 Å². The van der Waals surface area contributed by atoms with Crippen molar-refractivity contribution < 1.29 is 33.8 Å². The lowest BCUT2D eigenvalue weighted by molar-refractivity contribution is -0.132. The second-order valence-electron chi connectivity index (χ2n) is 15.9. The zero-order valence-electron chi connectivity index (χ0n) is 34.0. The molecule has 15 heteroatoms. The van der Waals surface area contributed by atoms with Gasteiger partial charge in [0.25, 0.3) is 0 Å². The molecule has 2 aromatic rings. The fourth-order valence-electron chi connectivity index (χ4n) is 6.67. The predicted molar refractivity (Wildman–Crippen MR) is 214 cm³/mol. The van der Waals surface area contributed by atoms with Crippen LogP contribution in [0.2, 0.25) is 0 Å². The number of hydrogen-bond donors (Lipinski definition) is 7. The topological polar surface area (TPSA) is 227 Å². The van der Waals surface area contributed by atoms with Gasteiger partial charge in [-0.15, -0.1) is 0 Å². The molecule has 1 aromatic carbocycles. The van der Waals surface area contributed by atoms with Crippen LogP contribution in [0.3, 0.4) is 0 Å². The third-order valence-corrected chi connectivity index (χ3v) is 9.97. The zero-order chi connectivity index (χ0) is 41.3. The molecule has 1 heterocycles. The third kappa shape index (κ3) is 16.5. The Balaban J connectivity index is 1.57. The summed E-state index contributed by atoms with van der Waals surface area (Å²) in [5, 5.41) is 25.4. The number of nitrogens with two attached hydrogens (primary N) is 1. The SMILES string of the molecule is CC[C@H](C)[C@H](NC(=O)C[C@H](O)[C@@H](CC1CCCCC1)NC(=O)CCCNC(=O)[C@@H](Cc1ccccc1)NC(=O)OC(C)(C)C)C(=O)NCc1cnc(C)nc1N. The van der Waals surface area contributed by atoms with Crippen LogP contribution in [0.1, 0.15) is 116 Å².